The van der Waals surface area contributed by atoms with E-state index in [1.807, 2.05) is 25.7 Å². The van der Waals surface area contributed by atoms with Gasteiger partial charge in [-0.05, 0) is 24.0 Å². The zero-order chi connectivity index (χ0) is 13.2. The Balaban J connectivity index is 0.000000686. The van der Waals surface area contributed by atoms with Crippen LogP contribution in [-0.2, 0) is 12.0 Å². The summed E-state index contributed by atoms with van der Waals surface area (Å²) in [7, 11) is 0. The van der Waals surface area contributed by atoms with Gasteiger partial charge in [-0.1, -0.05) is 34.6 Å². The van der Waals surface area contributed by atoms with Gasteiger partial charge in [0.1, 0.15) is 0 Å². The van der Waals surface area contributed by atoms with Crippen LogP contribution in [0.1, 0.15) is 61.7 Å². The summed E-state index contributed by atoms with van der Waals surface area (Å²) in [5.74, 6) is 0.216. The lowest BCUT2D eigenvalue weighted by molar-refractivity contribution is 0.0790. The van der Waals surface area contributed by atoms with E-state index in [-0.39, 0.29) is 11.3 Å². The van der Waals surface area contributed by atoms with Gasteiger partial charge in [0.15, 0.2) is 0 Å². The Morgan fingerprint density at radius 3 is 2.35 bits per heavy atom. The maximum absolute atomic E-state index is 11.9. The largest absolute Gasteiger partial charge is 0.334 e. The lowest BCUT2D eigenvalue weighted by Crippen LogP contribution is -2.23. The summed E-state index contributed by atoms with van der Waals surface area (Å²) >= 11 is 1.66. The van der Waals surface area contributed by atoms with Crippen LogP contribution in [0.2, 0.25) is 0 Å². The van der Waals surface area contributed by atoms with Crippen molar-refractivity contribution in [1.82, 2.24) is 4.90 Å². The molecule has 0 atom stereocenters. The molecule has 96 valence electrons. The second-order valence-electron chi connectivity index (χ2n) is 5.03. The zero-order valence-corrected chi connectivity index (χ0v) is 12.6. The summed E-state index contributed by atoms with van der Waals surface area (Å²) in [6.45, 7) is 14.2. The summed E-state index contributed by atoms with van der Waals surface area (Å²) in [5.41, 5.74) is 1.38. The van der Waals surface area contributed by atoms with E-state index < -0.39 is 0 Å². The topological polar surface area (TPSA) is 20.3 Å². The summed E-state index contributed by atoms with van der Waals surface area (Å²) in [5, 5.41) is 0. The fourth-order valence-corrected chi connectivity index (χ4v) is 2.97. The second-order valence-corrected chi connectivity index (χ2v) is 6.09. The molecule has 3 heteroatoms. The highest BCUT2D eigenvalue weighted by Crippen LogP contribution is 2.36. The van der Waals surface area contributed by atoms with Crippen LogP contribution in [0.25, 0.3) is 0 Å². The molecule has 1 aliphatic rings. The van der Waals surface area contributed by atoms with Crippen LogP contribution in [0.4, 0.5) is 0 Å². The third kappa shape index (κ3) is 2.71. The number of nitrogens with zero attached hydrogens (tertiary/aromatic N) is 1. The third-order valence-electron chi connectivity index (χ3n) is 2.77. The number of carbonyl (C=O) groups excluding carboxylic acids is 1. The smallest absolute Gasteiger partial charge is 0.264 e. The van der Waals surface area contributed by atoms with Crippen molar-refractivity contribution in [1.29, 1.82) is 0 Å². The van der Waals surface area contributed by atoms with Crippen molar-refractivity contribution in [2.75, 3.05) is 6.54 Å². The summed E-state index contributed by atoms with van der Waals surface area (Å²) in [4.78, 5) is 16.1. The number of rotatable bonds is 1. The Morgan fingerprint density at radius 1 is 1.35 bits per heavy atom. The van der Waals surface area contributed by atoms with Gasteiger partial charge in [-0.15, -0.1) is 11.3 Å². The molecule has 0 fully saturated rings. The molecule has 17 heavy (non-hydrogen) atoms. The van der Waals surface area contributed by atoms with Crippen molar-refractivity contribution in [2.24, 2.45) is 0 Å². The van der Waals surface area contributed by atoms with Gasteiger partial charge in [-0.3, -0.25) is 4.79 Å². The predicted molar refractivity (Wildman–Crippen MR) is 74.8 cm³/mol. The van der Waals surface area contributed by atoms with Crippen molar-refractivity contribution in [3.63, 3.8) is 0 Å². The maximum atomic E-state index is 11.9. The first-order valence-electron chi connectivity index (χ1n) is 6.36. The first-order valence-corrected chi connectivity index (χ1v) is 7.17. The number of hydrogen-bond acceptors (Lipinski definition) is 2. The van der Waals surface area contributed by atoms with Gasteiger partial charge < -0.3 is 4.90 Å². The molecule has 1 aromatic rings. The van der Waals surface area contributed by atoms with Gasteiger partial charge in [0.05, 0.1) is 4.88 Å². The van der Waals surface area contributed by atoms with Crippen LogP contribution in [-0.4, -0.2) is 17.4 Å². The van der Waals surface area contributed by atoms with Gasteiger partial charge in [0.2, 0.25) is 0 Å². The highest BCUT2D eigenvalue weighted by molar-refractivity contribution is 7.14. The molecule has 2 rings (SSSR count). The van der Waals surface area contributed by atoms with Gasteiger partial charge in [-0.2, -0.15) is 0 Å². The molecule has 2 heterocycles. The van der Waals surface area contributed by atoms with E-state index in [1.165, 1.54) is 10.4 Å². The molecule has 0 radical (unpaired) electrons. The average Bonchev–Trinajstić information content (AvgIpc) is 2.81. The monoisotopic (exact) mass is 253 g/mol. The average molecular weight is 253 g/mol. The molecule has 1 aromatic heterocycles. The quantitative estimate of drug-likeness (QED) is 0.739. The number of fused-ring (bicyclic) bond motifs is 1. The Hall–Kier alpha value is -0.830. The standard InChI is InChI=1S/C12H17NOS.C2H6/c1-5-13-7-8-6-9(12(2,3)4)15-10(8)11(13)14;1-2/h6H,5,7H2,1-4H3;1-2H3. The first kappa shape index (κ1) is 14.2. The molecular formula is C14H23NOS. The van der Waals surface area contributed by atoms with E-state index in [2.05, 4.69) is 26.8 Å². The van der Waals surface area contributed by atoms with Crippen LogP contribution >= 0.6 is 11.3 Å². The number of hydrogen-bond donors (Lipinski definition) is 0. The van der Waals surface area contributed by atoms with E-state index in [0.29, 0.717) is 0 Å². The van der Waals surface area contributed by atoms with E-state index in [0.717, 1.165) is 18.0 Å². The van der Waals surface area contributed by atoms with Crippen molar-refractivity contribution in [2.45, 2.75) is 53.5 Å². The highest BCUT2D eigenvalue weighted by Gasteiger charge is 2.31. The van der Waals surface area contributed by atoms with Gasteiger partial charge in [-0.25, -0.2) is 0 Å². The molecule has 1 aliphatic heterocycles. The molecule has 0 saturated carbocycles. The van der Waals surface area contributed by atoms with Crippen molar-refractivity contribution in [3.8, 4) is 0 Å². The molecule has 1 amide bonds. The van der Waals surface area contributed by atoms with Crippen LogP contribution in [0, 0.1) is 0 Å². The number of thiophene rings is 1. The fourth-order valence-electron chi connectivity index (χ4n) is 1.77. The number of amides is 1. The molecule has 0 saturated heterocycles. The number of carbonyl (C=O) groups is 1. The SMILES string of the molecule is CC.CCN1Cc2cc(C(C)(C)C)sc2C1=O. The molecule has 0 N–H and O–H groups in total. The highest BCUT2D eigenvalue weighted by atomic mass is 32.1. The van der Waals surface area contributed by atoms with Crippen LogP contribution in [0.5, 0.6) is 0 Å². The van der Waals surface area contributed by atoms with Crippen molar-refractivity contribution < 1.29 is 4.79 Å². The lowest BCUT2D eigenvalue weighted by Gasteiger charge is -2.17. The summed E-state index contributed by atoms with van der Waals surface area (Å²) in [6, 6.07) is 2.20. The maximum Gasteiger partial charge on any atom is 0.264 e. The normalized spacial score (nSPS) is 14.5. The molecule has 0 spiro atoms. The molecule has 0 unspecified atom stereocenters. The second kappa shape index (κ2) is 5.21. The molecule has 2 nitrogen and oxygen atoms in total. The van der Waals surface area contributed by atoms with Crippen LogP contribution in [0.3, 0.4) is 0 Å². The summed E-state index contributed by atoms with van der Waals surface area (Å²) in [6.07, 6.45) is 0. The lowest BCUT2D eigenvalue weighted by atomic mass is 9.94. The Kier molecular flexibility index (Phi) is 4.36. The minimum Gasteiger partial charge on any atom is -0.334 e. The van der Waals surface area contributed by atoms with Crippen LogP contribution < -0.4 is 0 Å². The van der Waals surface area contributed by atoms with Gasteiger partial charge >= 0.3 is 0 Å². The fraction of sp³-hybridized carbons (Fsp3) is 0.643. The van der Waals surface area contributed by atoms with E-state index >= 15 is 0 Å². The molecule has 0 aromatic carbocycles. The Bertz CT molecular complexity index is 401. The third-order valence-corrected chi connectivity index (χ3v) is 4.36. The van der Waals surface area contributed by atoms with Gasteiger partial charge in [0, 0.05) is 18.0 Å². The van der Waals surface area contributed by atoms with Crippen molar-refractivity contribution in [3.05, 3.63) is 21.4 Å². The predicted octanol–water partition coefficient (Wildman–Crippen LogP) is 4.05. The molecule has 0 bridgehead atoms. The summed E-state index contributed by atoms with van der Waals surface area (Å²) < 4.78 is 0. The van der Waals surface area contributed by atoms with E-state index in [9.17, 15) is 4.79 Å². The van der Waals surface area contributed by atoms with E-state index in [4.69, 9.17) is 0 Å². The van der Waals surface area contributed by atoms with Crippen LogP contribution in [0.15, 0.2) is 6.07 Å². The zero-order valence-electron chi connectivity index (χ0n) is 11.8. The van der Waals surface area contributed by atoms with E-state index in [1.54, 1.807) is 11.3 Å². The minimum absolute atomic E-state index is 0.159. The molecular weight excluding hydrogens is 230 g/mol. The van der Waals surface area contributed by atoms with Gasteiger partial charge in [0.25, 0.3) is 5.91 Å². The Labute approximate surface area is 109 Å². The minimum atomic E-state index is 0.159. The van der Waals surface area contributed by atoms with Crippen molar-refractivity contribution >= 4 is 17.2 Å². The Morgan fingerprint density at radius 2 is 1.94 bits per heavy atom. The molecule has 0 aliphatic carbocycles. The first-order chi connectivity index (χ1) is 7.93.